The highest BCUT2D eigenvalue weighted by Crippen LogP contribution is 2.19. The number of nitrogens with two attached hydrogens (primary N) is 1. The second-order valence-corrected chi connectivity index (χ2v) is 6.11. The van der Waals surface area contributed by atoms with Crippen molar-refractivity contribution >= 4 is 0 Å². The molecule has 2 nitrogen and oxygen atoms in total. The van der Waals surface area contributed by atoms with E-state index in [9.17, 15) is 0 Å². The van der Waals surface area contributed by atoms with Crippen LogP contribution < -0.4 is 5.73 Å². The maximum absolute atomic E-state index is 5.83. The Balaban J connectivity index is 4.17. The highest BCUT2D eigenvalue weighted by molar-refractivity contribution is 4.75. The van der Waals surface area contributed by atoms with Crippen LogP contribution in [0.3, 0.4) is 0 Å². The highest BCUT2D eigenvalue weighted by Gasteiger charge is 2.20. The molecule has 0 aromatic rings. The van der Waals surface area contributed by atoms with Gasteiger partial charge in [-0.1, -0.05) is 53.9 Å². The average molecular weight is 242 g/mol. The number of hydrogen-bond acceptors (Lipinski definition) is 2. The van der Waals surface area contributed by atoms with Gasteiger partial charge in [-0.3, -0.25) is 0 Å². The van der Waals surface area contributed by atoms with Crippen molar-refractivity contribution in [1.29, 1.82) is 0 Å². The van der Waals surface area contributed by atoms with Crippen molar-refractivity contribution in [3.8, 4) is 0 Å². The molecule has 0 saturated heterocycles. The Morgan fingerprint density at radius 3 is 2.24 bits per heavy atom. The zero-order valence-electron chi connectivity index (χ0n) is 12.8. The molecule has 0 aromatic carbocycles. The lowest BCUT2D eigenvalue weighted by atomic mass is 9.91. The summed E-state index contributed by atoms with van der Waals surface area (Å²) in [6.07, 6.45) is 5.37. The summed E-state index contributed by atoms with van der Waals surface area (Å²) in [5, 5.41) is 0. The molecule has 2 N–H and O–H groups in total. The van der Waals surface area contributed by atoms with Gasteiger partial charge in [0, 0.05) is 13.1 Å². The zero-order valence-corrected chi connectivity index (χ0v) is 12.8. The van der Waals surface area contributed by atoms with Gasteiger partial charge < -0.3 is 10.6 Å². The van der Waals surface area contributed by atoms with Gasteiger partial charge in [-0.25, -0.2) is 0 Å². The lowest BCUT2D eigenvalue weighted by Gasteiger charge is -2.33. The van der Waals surface area contributed by atoms with E-state index in [2.05, 4.69) is 39.5 Å². The summed E-state index contributed by atoms with van der Waals surface area (Å²) in [6, 6.07) is 0. The van der Waals surface area contributed by atoms with Crippen molar-refractivity contribution < 1.29 is 0 Å². The van der Waals surface area contributed by atoms with Gasteiger partial charge in [0.2, 0.25) is 0 Å². The first-order chi connectivity index (χ1) is 7.99. The predicted octanol–water partition coefficient (Wildman–Crippen LogP) is 3.51. The van der Waals surface area contributed by atoms with Crippen LogP contribution in [-0.4, -0.2) is 31.1 Å². The SMILES string of the molecule is CCCCC(CC)CN(CC)CC(C)(C)CN. The first-order valence-corrected chi connectivity index (χ1v) is 7.41. The Morgan fingerprint density at radius 2 is 1.82 bits per heavy atom. The van der Waals surface area contributed by atoms with E-state index in [0.717, 1.165) is 25.6 Å². The third-order valence-electron chi connectivity index (χ3n) is 3.71. The van der Waals surface area contributed by atoms with Crippen molar-refractivity contribution in [3.05, 3.63) is 0 Å². The van der Waals surface area contributed by atoms with Crippen LogP contribution in [0.5, 0.6) is 0 Å². The van der Waals surface area contributed by atoms with Crippen LogP contribution in [0.1, 0.15) is 60.3 Å². The molecule has 17 heavy (non-hydrogen) atoms. The summed E-state index contributed by atoms with van der Waals surface area (Å²) in [7, 11) is 0. The summed E-state index contributed by atoms with van der Waals surface area (Å²) in [4.78, 5) is 2.58. The molecule has 0 heterocycles. The van der Waals surface area contributed by atoms with Crippen LogP contribution >= 0.6 is 0 Å². The third kappa shape index (κ3) is 7.77. The number of nitrogens with zero attached hydrogens (tertiary/aromatic N) is 1. The van der Waals surface area contributed by atoms with E-state index in [-0.39, 0.29) is 5.41 Å². The minimum absolute atomic E-state index is 0.249. The summed E-state index contributed by atoms with van der Waals surface area (Å²) >= 11 is 0. The van der Waals surface area contributed by atoms with Crippen molar-refractivity contribution in [2.24, 2.45) is 17.1 Å². The Hall–Kier alpha value is -0.0800. The highest BCUT2D eigenvalue weighted by atomic mass is 15.1. The Kier molecular flexibility index (Phi) is 8.89. The summed E-state index contributed by atoms with van der Waals surface area (Å²) in [5.41, 5.74) is 6.08. The molecule has 0 fully saturated rings. The largest absolute Gasteiger partial charge is 0.330 e. The van der Waals surface area contributed by atoms with Crippen LogP contribution in [0.4, 0.5) is 0 Å². The van der Waals surface area contributed by atoms with E-state index >= 15 is 0 Å². The molecule has 104 valence electrons. The molecule has 0 aliphatic rings. The molecular formula is C15H34N2. The fraction of sp³-hybridized carbons (Fsp3) is 1.00. The maximum atomic E-state index is 5.83. The molecule has 1 unspecified atom stereocenters. The van der Waals surface area contributed by atoms with Gasteiger partial charge in [-0.05, 0) is 30.8 Å². The Morgan fingerprint density at radius 1 is 1.18 bits per heavy atom. The van der Waals surface area contributed by atoms with Crippen LogP contribution in [0.2, 0.25) is 0 Å². The topological polar surface area (TPSA) is 29.3 Å². The molecule has 2 heteroatoms. The Bertz CT molecular complexity index is 178. The summed E-state index contributed by atoms with van der Waals surface area (Å²) in [5.74, 6) is 0.864. The monoisotopic (exact) mass is 242 g/mol. The van der Waals surface area contributed by atoms with Crippen LogP contribution in [0.25, 0.3) is 0 Å². The molecule has 0 aliphatic carbocycles. The molecule has 0 aromatic heterocycles. The van der Waals surface area contributed by atoms with Crippen molar-refractivity contribution in [3.63, 3.8) is 0 Å². The van der Waals surface area contributed by atoms with E-state index in [1.54, 1.807) is 0 Å². The molecule has 0 saturated carbocycles. The fourth-order valence-corrected chi connectivity index (χ4v) is 2.26. The molecule has 0 bridgehead atoms. The second-order valence-electron chi connectivity index (χ2n) is 6.11. The molecule has 1 atom stereocenters. The second kappa shape index (κ2) is 8.93. The quantitative estimate of drug-likeness (QED) is 0.635. The summed E-state index contributed by atoms with van der Waals surface area (Å²) in [6.45, 7) is 15.7. The molecule has 0 spiro atoms. The standard InChI is InChI=1S/C15H34N2/c1-6-9-10-14(7-2)11-17(8-3)13-15(4,5)12-16/h14H,6-13,16H2,1-5H3. The zero-order chi connectivity index (χ0) is 13.3. The van der Waals surface area contributed by atoms with Crippen LogP contribution in [0.15, 0.2) is 0 Å². The number of hydrogen-bond donors (Lipinski definition) is 1. The van der Waals surface area contributed by atoms with E-state index in [1.165, 1.54) is 32.2 Å². The number of rotatable bonds is 10. The third-order valence-corrected chi connectivity index (χ3v) is 3.71. The molecular weight excluding hydrogens is 208 g/mol. The lowest BCUT2D eigenvalue weighted by molar-refractivity contribution is 0.160. The van der Waals surface area contributed by atoms with Gasteiger partial charge >= 0.3 is 0 Å². The molecule has 0 rings (SSSR count). The average Bonchev–Trinajstić information content (AvgIpc) is 2.32. The van der Waals surface area contributed by atoms with Crippen molar-refractivity contribution in [1.82, 2.24) is 4.90 Å². The van der Waals surface area contributed by atoms with Gasteiger partial charge in [0.1, 0.15) is 0 Å². The minimum atomic E-state index is 0.249. The minimum Gasteiger partial charge on any atom is -0.330 e. The first-order valence-electron chi connectivity index (χ1n) is 7.41. The van der Waals surface area contributed by atoms with E-state index < -0.39 is 0 Å². The predicted molar refractivity (Wildman–Crippen MR) is 78.3 cm³/mol. The van der Waals surface area contributed by atoms with Gasteiger partial charge in [0.05, 0.1) is 0 Å². The lowest BCUT2D eigenvalue weighted by Crippen LogP contribution is -2.40. The molecule has 0 radical (unpaired) electrons. The summed E-state index contributed by atoms with van der Waals surface area (Å²) < 4.78 is 0. The van der Waals surface area contributed by atoms with Gasteiger partial charge in [-0.15, -0.1) is 0 Å². The van der Waals surface area contributed by atoms with Gasteiger partial charge in [0.25, 0.3) is 0 Å². The number of unbranched alkanes of at least 4 members (excludes halogenated alkanes) is 1. The van der Waals surface area contributed by atoms with E-state index in [0.29, 0.717) is 0 Å². The van der Waals surface area contributed by atoms with E-state index in [4.69, 9.17) is 5.73 Å². The van der Waals surface area contributed by atoms with Crippen LogP contribution in [-0.2, 0) is 0 Å². The van der Waals surface area contributed by atoms with Crippen molar-refractivity contribution in [2.45, 2.75) is 60.3 Å². The normalized spacial score (nSPS) is 14.3. The van der Waals surface area contributed by atoms with Gasteiger partial charge in [-0.2, -0.15) is 0 Å². The fourth-order valence-electron chi connectivity index (χ4n) is 2.26. The van der Waals surface area contributed by atoms with Gasteiger partial charge in [0.15, 0.2) is 0 Å². The molecule has 0 aliphatic heterocycles. The molecule has 0 amide bonds. The van der Waals surface area contributed by atoms with Crippen molar-refractivity contribution in [2.75, 3.05) is 26.2 Å². The Labute approximate surface area is 109 Å². The van der Waals surface area contributed by atoms with E-state index in [1.807, 2.05) is 0 Å². The smallest absolute Gasteiger partial charge is 0.00447 e. The van der Waals surface area contributed by atoms with Crippen LogP contribution in [0, 0.1) is 11.3 Å². The first kappa shape index (κ1) is 16.9. The maximum Gasteiger partial charge on any atom is 0.00447 e.